The molecule has 0 atom stereocenters. The number of sulfonamides is 1. The smallest absolute Gasteiger partial charge is 0.250 e. The zero-order chi connectivity index (χ0) is 22.6. The van der Waals surface area contributed by atoms with Gasteiger partial charge in [-0.05, 0) is 29.8 Å². The molecule has 32 heavy (non-hydrogen) atoms. The maximum Gasteiger partial charge on any atom is 0.250 e. The van der Waals surface area contributed by atoms with Gasteiger partial charge in [0, 0.05) is 35.1 Å². The number of nitrogens with one attached hydrogen (secondary N) is 1. The number of carbonyl (C=O) groups is 1. The summed E-state index contributed by atoms with van der Waals surface area (Å²) < 4.78 is 32.1. The highest BCUT2D eigenvalue weighted by molar-refractivity contribution is 7.89. The third kappa shape index (κ3) is 5.25. The standard InChI is InChI=1S/C22H20ClN3O4S2/c23-19-4-2-1-3-16(19)7-10-21(27)25-22-24-20(15-31-22)17-5-8-18(9-6-17)32(28,29)26-11-13-30-14-12-26/h1-10,15H,11-14H2,(H,24,25,27). The Labute approximate surface area is 195 Å². The number of anilines is 1. The van der Waals surface area contributed by atoms with Crippen LogP contribution in [0.3, 0.4) is 0 Å². The summed E-state index contributed by atoms with van der Waals surface area (Å²) >= 11 is 7.37. The highest BCUT2D eigenvalue weighted by Gasteiger charge is 2.26. The Morgan fingerprint density at radius 2 is 1.84 bits per heavy atom. The normalized spacial score (nSPS) is 15.2. The fourth-order valence-corrected chi connectivity index (χ4v) is 5.45. The van der Waals surface area contributed by atoms with Crippen LogP contribution in [0.5, 0.6) is 0 Å². The molecule has 7 nitrogen and oxygen atoms in total. The Morgan fingerprint density at radius 3 is 2.56 bits per heavy atom. The molecule has 0 spiro atoms. The maximum atomic E-state index is 12.7. The minimum absolute atomic E-state index is 0.233. The zero-order valence-corrected chi connectivity index (χ0v) is 19.3. The summed E-state index contributed by atoms with van der Waals surface area (Å²) in [5.74, 6) is -0.322. The molecule has 0 radical (unpaired) electrons. The molecule has 0 bridgehead atoms. The molecule has 1 aromatic heterocycles. The molecule has 1 amide bonds. The number of thiazole rings is 1. The van der Waals surface area contributed by atoms with Crippen LogP contribution in [0.15, 0.2) is 64.9 Å². The van der Waals surface area contributed by atoms with E-state index in [4.69, 9.17) is 16.3 Å². The second-order valence-corrected chi connectivity index (χ2v) is 10.1. The first-order chi connectivity index (χ1) is 15.4. The molecule has 0 unspecified atom stereocenters. The largest absolute Gasteiger partial charge is 0.379 e. The number of benzene rings is 2. The molecular formula is C22H20ClN3O4S2. The topological polar surface area (TPSA) is 88.6 Å². The van der Waals surface area contributed by atoms with E-state index in [1.807, 2.05) is 18.2 Å². The minimum Gasteiger partial charge on any atom is -0.379 e. The lowest BCUT2D eigenvalue weighted by Gasteiger charge is -2.26. The van der Waals surface area contributed by atoms with Gasteiger partial charge in [-0.1, -0.05) is 41.9 Å². The van der Waals surface area contributed by atoms with Gasteiger partial charge in [0.2, 0.25) is 15.9 Å². The van der Waals surface area contributed by atoms with Crippen LogP contribution < -0.4 is 5.32 Å². The van der Waals surface area contributed by atoms with Crippen molar-refractivity contribution in [2.24, 2.45) is 0 Å². The van der Waals surface area contributed by atoms with Gasteiger partial charge >= 0.3 is 0 Å². The molecule has 3 aromatic rings. The van der Waals surface area contributed by atoms with Gasteiger partial charge in [-0.15, -0.1) is 11.3 Å². The number of rotatable bonds is 6. The van der Waals surface area contributed by atoms with E-state index in [0.29, 0.717) is 42.2 Å². The molecule has 1 fully saturated rings. The Hall–Kier alpha value is -2.56. The van der Waals surface area contributed by atoms with Crippen LogP contribution in [-0.4, -0.2) is 49.9 Å². The van der Waals surface area contributed by atoms with Crippen LogP contribution in [0.2, 0.25) is 5.02 Å². The van der Waals surface area contributed by atoms with Crippen molar-refractivity contribution >= 4 is 50.1 Å². The predicted octanol–water partition coefficient (Wildman–Crippen LogP) is 4.14. The average molecular weight is 490 g/mol. The van der Waals surface area contributed by atoms with Crippen molar-refractivity contribution in [2.75, 3.05) is 31.6 Å². The van der Waals surface area contributed by atoms with Crippen molar-refractivity contribution in [3.8, 4) is 11.3 Å². The van der Waals surface area contributed by atoms with E-state index in [1.54, 1.807) is 41.8 Å². The lowest BCUT2D eigenvalue weighted by Crippen LogP contribution is -2.40. The summed E-state index contributed by atoms with van der Waals surface area (Å²) in [5.41, 5.74) is 2.15. The summed E-state index contributed by atoms with van der Waals surface area (Å²) in [6.07, 6.45) is 3.04. The number of halogens is 1. The summed E-state index contributed by atoms with van der Waals surface area (Å²) in [6.45, 7) is 1.50. The number of hydrogen-bond acceptors (Lipinski definition) is 6. The van der Waals surface area contributed by atoms with Gasteiger partial charge in [0.05, 0.1) is 23.8 Å². The number of morpholine rings is 1. The number of hydrogen-bond donors (Lipinski definition) is 1. The van der Waals surface area contributed by atoms with E-state index in [0.717, 1.165) is 11.1 Å². The van der Waals surface area contributed by atoms with Gasteiger partial charge in [-0.2, -0.15) is 4.31 Å². The molecule has 166 valence electrons. The van der Waals surface area contributed by atoms with E-state index < -0.39 is 10.0 Å². The van der Waals surface area contributed by atoms with E-state index in [1.165, 1.54) is 21.7 Å². The molecular weight excluding hydrogens is 470 g/mol. The van der Waals surface area contributed by atoms with Crippen LogP contribution in [0.1, 0.15) is 5.56 Å². The summed E-state index contributed by atoms with van der Waals surface area (Å²) in [4.78, 5) is 16.9. The van der Waals surface area contributed by atoms with Gasteiger partial charge in [-0.25, -0.2) is 13.4 Å². The van der Waals surface area contributed by atoms with E-state index in [-0.39, 0.29) is 10.8 Å². The minimum atomic E-state index is -3.54. The van der Waals surface area contributed by atoms with Crippen LogP contribution in [0.25, 0.3) is 17.3 Å². The zero-order valence-electron chi connectivity index (χ0n) is 16.9. The molecule has 0 saturated carbocycles. The Balaban J connectivity index is 1.42. The number of ether oxygens (including phenoxy) is 1. The molecule has 2 heterocycles. The van der Waals surface area contributed by atoms with Crippen molar-refractivity contribution in [1.82, 2.24) is 9.29 Å². The lowest BCUT2D eigenvalue weighted by atomic mass is 10.2. The fourth-order valence-electron chi connectivity index (χ4n) is 3.12. The highest BCUT2D eigenvalue weighted by atomic mass is 35.5. The van der Waals surface area contributed by atoms with Crippen molar-refractivity contribution in [2.45, 2.75) is 4.90 Å². The van der Waals surface area contributed by atoms with Gasteiger partial charge in [0.15, 0.2) is 5.13 Å². The second-order valence-electron chi connectivity index (χ2n) is 6.92. The number of amides is 1. The fraction of sp³-hybridized carbons (Fsp3) is 0.182. The SMILES string of the molecule is O=C(C=Cc1ccccc1Cl)Nc1nc(-c2ccc(S(=O)(=O)N3CCOCC3)cc2)cs1. The molecule has 1 aliphatic rings. The van der Waals surface area contributed by atoms with Gasteiger partial charge < -0.3 is 4.74 Å². The first-order valence-corrected chi connectivity index (χ1v) is 12.5. The third-order valence-corrected chi connectivity index (χ3v) is 7.83. The maximum absolute atomic E-state index is 12.7. The van der Waals surface area contributed by atoms with Gasteiger partial charge in [-0.3, -0.25) is 10.1 Å². The third-order valence-electron chi connectivity index (χ3n) is 4.81. The van der Waals surface area contributed by atoms with E-state index in [2.05, 4.69) is 10.3 Å². The molecule has 1 saturated heterocycles. The van der Waals surface area contributed by atoms with E-state index in [9.17, 15) is 13.2 Å². The summed E-state index contributed by atoms with van der Waals surface area (Å²) in [5, 5.41) is 5.53. The summed E-state index contributed by atoms with van der Waals surface area (Å²) in [6, 6.07) is 13.8. The van der Waals surface area contributed by atoms with Gasteiger partial charge in [0.1, 0.15) is 0 Å². The number of aromatic nitrogens is 1. The van der Waals surface area contributed by atoms with Gasteiger partial charge in [0.25, 0.3) is 0 Å². The van der Waals surface area contributed by atoms with Crippen LogP contribution in [-0.2, 0) is 19.6 Å². The molecule has 1 aliphatic heterocycles. The van der Waals surface area contributed by atoms with Crippen LogP contribution in [0, 0.1) is 0 Å². The number of carbonyl (C=O) groups excluding carboxylic acids is 1. The number of nitrogens with zero attached hydrogens (tertiary/aromatic N) is 2. The Morgan fingerprint density at radius 1 is 1.12 bits per heavy atom. The molecule has 4 rings (SSSR count). The molecule has 2 aromatic carbocycles. The first-order valence-electron chi connectivity index (χ1n) is 9.81. The van der Waals surface area contributed by atoms with Crippen molar-refractivity contribution < 1.29 is 17.9 Å². The van der Waals surface area contributed by atoms with Crippen molar-refractivity contribution in [3.05, 3.63) is 70.6 Å². The first kappa shape index (κ1) is 22.6. The van der Waals surface area contributed by atoms with Crippen molar-refractivity contribution in [1.29, 1.82) is 0 Å². The van der Waals surface area contributed by atoms with Crippen LogP contribution >= 0.6 is 22.9 Å². The monoisotopic (exact) mass is 489 g/mol. The predicted molar refractivity (Wildman–Crippen MR) is 126 cm³/mol. The lowest BCUT2D eigenvalue weighted by molar-refractivity contribution is -0.111. The Kier molecular flexibility index (Phi) is 7.02. The second kappa shape index (κ2) is 9.93. The Bertz CT molecular complexity index is 1230. The molecule has 1 N–H and O–H groups in total. The summed E-state index contributed by atoms with van der Waals surface area (Å²) in [7, 11) is -3.54. The molecule has 10 heteroatoms. The highest BCUT2D eigenvalue weighted by Crippen LogP contribution is 2.27. The van der Waals surface area contributed by atoms with Crippen LogP contribution in [0.4, 0.5) is 5.13 Å². The average Bonchev–Trinajstić information content (AvgIpc) is 3.27. The molecule has 0 aliphatic carbocycles. The quantitative estimate of drug-likeness (QED) is 0.526. The van der Waals surface area contributed by atoms with Crippen molar-refractivity contribution in [3.63, 3.8) is 0 Å². The van der Waals surface area contributed by atoms with E-state index >= 15 is 0 Å².